The first-order valence-electron chi connectivity index (χ1n) is 11.7. The summed E-state index contributed by atoms with van der Waals surface area (Å²) in [6.07, 6.45) is 1.40. The van der Waals surface area contributed by atoms with E-state index in [1.54, 1.807) is 57.2 Å². The quantitative estimate of drug-likeness (QED) is 0.131. The summed E-state index contributed by atoms with van der Waals surface area (Å²) in [5, 5.41) is 17.5. The van der Waals surface area contributed by atoms with Crippen LogP contribution in [0, 0.1) is 16.0 Å². The van der Waals surface area contributed by atoms with Gasteiger partial charge >= 0.3 is 5.97 Å². The number of hydrogen-bond acceptors (Lipinski definition) is 8. The molecule has 3 rings (SSSR count). The molecule has 0 bridgehead atoms. The first kappa shape index (κ1) is 27.5. The maximum atomic E-state index is 12.5. The zero-order chi connectivity index (χ0) is 27.7. The van der Waals surface area contributed by atoms with Crippen LogP contribution >= 0.6 is 0 Å². The fourth-order valence-electron chi connectivity index (χ4n) is 3.06. The van der Waals surface area contributed by atoms with Crippen molar-refractivity contribution in [3.8, 4) is 11.5 Å². The van der Waals surface area contributed by atoms with Gasteiger partial charge < -0.3 is 14.8 Å². The van der Waals surface area contributed by atoms with Crippen molar-refractivity contribution in [2.45, 2.75) is 20.8 Å². The standard InChI is InChI=1S/C27H26N4O7/c1-4-37-24-15-18(5-14-23(24)38-27(34)20-8-12-22(13-9-20)31(35)36)16-28-30-26(33)19-6-10-21(11-7-19)29-25(32)17(2)3/h5-17H,4H2,1-3H3,(H,29,32)(H,30,33)/b28-16+. The molecule has 0 aliphatic heterocycles. The number of hydrogen-bond donors (Lipinski definition) is 2. The molecule has 0 saturated carbocycles. The molecule has 0 atom stereocenters. The summed E-state index contributed by atoms with van der Waals surface area (Å²) >= 11 is 0. The van der Waals surface area contributed by atoms with Crippen LogP contribution in [0.3, 0.4) is 0 Å². The summed E-state index contributed by atoms with van der Waals surface area (Å²) in [7, 11) is 0. The summed E-state index contributed by atoms with van der Waals surface area (Å²) in [5.74, 6) is -0.999. The largest absolute Gasteiger partial charge is 0.490 e. The zero-order valence-electron chi connectivity index (χ0n) is 21.0. The number of nitro benzene ring substituents is 1. The number of anilines is 1. The number of carbonyl (C=O) groups is 3. The Labute approximate surface area is 218 Å². The first-order valence-corrected chi connectivity index (χ1v) is 11.7. The van der Waals surface area contributed by atoms with E-state index in [9.17, 15) is 24.5 Å². The third-order valence-corrected chi connectivity index (χ3v) is 5.10. The zero-order valence-corrected chi connectivity index (χ0v) is 21.0. The van der Waals surface area contributed by atoms with Gasteiger partial charge in [-0.2, -0.15) is 5.10 Å². The Morgan fingerprint density at radius 2 is 1.63 bits per heavy atom. The van der Waals surface area contributed by atoms with E-state index in [1.165, 1.54) is 36.5 Å². The molecule has 2 N–H and O–H groups in total. The van der Waals surface area contributed by atoms with Crippen molar-refractivity contribution in [3.63, 3.8) is 0 Å². The molecule has 3 aromatic rings. The molecule has 2 amide bonds. The molecule has 0 spiro atoms. The highest BCUT2D eigenvalue weighted by Gasteiger charge is 2.15. The first-order chi connectivity index (χ1) is 18.2. The Hall–Kier alpha value is -5.06. The van der Waals surface area contributed by atoms with E-state index in [4.69, 9.17) is 9.47 Å². The number of rotatable bonds is 10. The molecule has 0 saturated heterocycles. The number of amides is 2. The van der Waals surface area contributed by atoms with Gasteiger partial charge in [0, 0.05) is 29.3 Å². The Morgan fingerprint density at radius 1 is 0.974 bits per heavy atom. The van der Waals surface area contributed by atoms with E-state index in [2.05, 4.69) is 15.8 Å². The number of ether oxygens (including phenoxy) is 2. The van der Waals surface area contributed by atoms with Gasteiger partial charge in [0.2, 0.25) is 5.91 Å². The molecule has 0 aliphatic rings. The van der Waals surface area contributed by atoms with Gasteiger partial charge in [-0.3, -0.25) is 19.7 Å². The van der Waals surface area contributed by atoms with Crippen LogP contribution in [0.15, 0.2) is 71.8 Å². The molecule has 0 unspecified atom stereocenters. The number of nitro groups is 1. The smallest absolute Gasteiger partial charge is 0.343 e. The highest BCUT2D eigenvalue weighted by Crippen LogP contribution is 2.29. The second kappa shape index (κ2) is 12.8. The van der Waals surface area contributed by atoms with Gasteiger partial charge in [-0.15, -0.1) is 0 Å². The minimum absolute atomic E-state index is 0.120. The molecular formula is C27H26N4O7. The number of carbonyl (C=O) groups excluding carboxylic acids is 3. The lowest BCUT2D eigenvalue weighted by atomic mass is 10.1. The van der Waals surface area contributed by atoms with Crippen molar-refractivity contribution in [2.24, 2.45) is 11.0 Å². The number of benzene rings is 3. The van der Waals surface area contributed by atoms with Crippen molar-refractivity contribution in [3.05, 3.63) is 93.5 Å². The van der Waals surface area contributed by atoms with Crippen LogP contribution < -0.4 is 20.2 Å². The maximum absolute atomic E-state index is 12.5. The van der Waals surface area contributed by atoms with Crippen molar-refractivity contribution in [1.82, 2.24) is 5.43 Å². The highest BCUT2D eigenvalue weighted by molar-refractivity contribution is 5.96. The summed E-state index contributed by atoms with van der Waals surface area (Å²) in [4.78, 5) is 46.9. The predicted molar refractivity (Wildman–Crippen MR) is 141 cm³/mol. The normalized spacial score (nSPS) is 10.7. The number of nitrogens with one attached hydrogen (secondary N) is 2. The fourth-order valence-corrected chi connectivity index (χ4v) is 3.06. The second-order valence-corrected chi connectivity index (χ2v) is 8.25. The topological polar surface area (TPSA) is 149 Å². The van der Waals surface area contributed by atoms with Gasteiger partial charge in [0.05, 0.1) is 23.3 Å². The number of esters is 1. The molecular weight excluding hydrogens is 492 g/mol. The SMILES string of the molecule is CCOc1cc(/C=N/NC(=O)c2ccc(NC(=O)C(C)C)cc2)ccc1OC(=O)c1ccc([N+](=O)[O-])cc1. The van der Waals surface area contributed by atoms with Crippen LogP contribution in [0.2, 0.25) is 0 Å². The van der Waals surface area contributed by atoms with Gasteiger partial charge in [-0.25, -0.2) is 10.2 Å². The van der Waals surface area contributed by atoms with Crippen molar-refractivity contribution in [2.75, 3.05) is 11.9 Å². The molecule has 0 aromatic heterocycles. The minimum Gasteiger partial charge on any atom is -0.490 e. The lowest BCUT2D eigenvalue weighted by molar-refractivity contribution is -0.384. The molecule has 3 aromatic carbocycles. The Bertz CT molecular complexity index is 1350. The van der Waals surface area contributed by atoms with E-state index in [1.807, 2.05) is 0 Å². The van der Waals surface area contributed by atoms with Crippen LogP contribution in [-0.2, 0) is 4.79 Å². The minimum atomic E-state index is -0.704. The van der Waals surface area contributed by atoms with Crippen LogP contribution in [0.4, 0.5) is 11.4 Å². The van der Waals surface area contributed by atoms with Gasteiger partial charge in [0.1, 0.15) is 0 Å². The third kappa shape index (κ3) is 7.47. The Kier molecular flexibility index (Phi) is 9.25. The summed E-state index contributed by atoms with van der Waals surface area (Å²) in [6.45, 7) is 5.64. The summed E-state index contributed by atoms with van der Waals surface area (Å²) in [5.41, 5.74) is 3.93. The molecule has 11 nitrogen and oxygen atoms in total. The maximum Gasteiger partial charge on any atom is 0.343 e. The summed E-state index contributed by atoms with van der Waals surface area (Å²) < 4.78 is 11.0. The number of nitrogens with zero attached hydrogens (tertiary/aromatic N) is 2. The third-order valence-electron chi connectivity index (χ3n) is 5.10. The van der Waals surface area contributed by atoms with Crippen molar-refractivity contribution < 1.29 is 28.8 Å². The van der Waals surface area contributed by atoms with E-state index in [0.717, 1.165) is 0 Å². The van der Waals surface area contributed by atoms with E-state index in [-0.39, 0.29) is 34.6 Å². The Morgan fingerprint density at radius 3 is 2.24 bits per heavy atom. The van der Waals surface area contributed by atoms with Gasteiger partial charge in [0.25, 0.3) is 11.6 Å². The molecule has 0 radical (unpaired) electrons. The van der Waals surface area contributed by atoms with E-state index >= 15 is 0 Å². The Balaban J connectivity index is 1.64. The molecule has 38 heavy (non-hydrogen) atoms. The van der Waals surface area contributed by atoms with Gasteiger partial charge in [0.15, 0.2) is 11.5 Å². The number of non-ortho nitro benzene ring substituents is 1. The number of hydrazone groups is 1. The molecule has 0 fully saturated rings. The van der Waals surface area contributed by atoms with E-state index in [0.29, 0.717) is 23.4 Å². The average Bonchev–Trinajstić information content (AvgIpc) is 2.90. The van der Waals surface area contributed by atoms with Crippen LogP contribution in [0.1, 0.15) is 47.1 Å². The monoisotopic (exact) mass is 518 g/mol. The fraction of sp³-hybridized carbons (Fsp3) is 0.185. The summed E-state index contributed by atoms with van der Waals surface area (Å²) in [6, 6.07) is 16.2. The second-order valence-electron chi connectivity index (χ2n) is 8.25. The molecule has 11 heteroatoms. The van der Waals surface area contributed by atoms with Crippen LogP contribution in [0.25, 0.3) is 0 Å². The molecule has 0 aliphatic carbocycles. The average molecular weight is 519 g/mol. The van der Waals surface area contributed by atoms with Gasteiger partial charge in [-0.1, -0.05) is 13.8 Å². The van der Waals surface area contributed by atoms with Crippen LogP contribution in [0.5, 0.6) is 11.5 Å². The van der Waals surface area contributed by atoms with Crippen LogP contribution in [-0.4, -0.2) is 35.5 Å². The predicted octanol–water partition coefficient (Wildman–Crippen LogP) is 4.57. The van der Waals surface area contributed by atoms with Crippen molar-refractivity contribution in [1.29, 1.82) is 0 Å². The molecule has 0 heterocycles. The van der Waals surface area contributed by atoms with Crippen molar-refractivity contribution >= 4 is 35.4 Å². The van der Waals surface area contributed by atoms with Gasteiger partial charge in [-0.05, 0) is 67.1 Å². The lowest BCUT2D eigenvalue weighted by Crippen LogP contribution is -2.19. The molecule has 196 valence electrons. The lowest BCUT2D eigenvalue weighted by Gasteiger charge is -2.11. The van der Waals surface area contributed by atoms with E-state index < -0.39 is 16.8 Å². The highest BCUT2D eigenvalue weighted by atomic mass is 16.6.